The van der Waals surface area contributed by atoms with Crippen LogP contribution in [0.5, 0.6) is 11.5 Å². The van der Waals surface area contributed by atoms with E-state index in [9.17, 15) is 9.90 Å². The van der Waals surface area contributed by atoms with E-state index in [4.69, 9.17) is 4.74 Å². The van der Waals surface area contributed by atoms with E-state index in [2.05, 4.69) is 31.9 Å². The number of ether oxygens (including phenoxy) is 1. The van der Waals surface area contributed by atoms with Crippen LogP contribution in [0.2, 0.25) is 0 Å². The van der Waals surface area contributed by atoms with Crippen molar-refractivity contribution in [2.75, 3.05) is 0 Å². The molecule has 2 aromatic rings. The average molecular weight is 398 g/mol. The first-order valence-electron chi connectivity index (χ1n) is 6.03. The standard InChI is InChI=1S/C15H10Br2O3/c16-8-5-10-13(19)7-14(20-15(10)11(17)6-8)9-3-1-2-4-12(9)18/h1-6,14,18H,7H2. The van der Waals surface area contributed by atoms with Crippen LogP contribution in [0.25, 0.3) is 0 Å². The highest BCUT2D eigenvalue weighted by Gasteiger charge is 2.30. The number of hydrogen-bond donors (Lipinski definition) is 1. The van der Waals surface area contributed by atoms with Gasteiger partial charge in [0.2, 0.25) is 0 Å². The van der Waals surface area contributed by atoms with Crippen molar-refractivity contribution in [1.82, 2.24) is 0 Å². The van der Waals surface area contributed by atoms with Gasteiger partial charge in [-0.3, -0.25) is 4.79 Å². The largest absolute Gasteiger partial charge is 0.508 e. The molecule has 0 radical (unpaired) electrons. The predicted molar refractivity (Wildman–Crippen MR) is 82.3 cm³/mol. The zero-order valence-corrected chi connectivity index (χ0v) is 13.4. The van der Waals surface area contributed by atoms with Gasteiger partial charge in [0.25, 0.3) is 0 Å². The summed E-state index contributed by atoms with van der Waals surface area (Å²) in [5.74, 6) is 0.668. The molecule has 20 heavy (non-hydrogen) atoms. The van der Waals surface area contributed by atoms with Crippen LogP contribution in [0, 0.1) is 0 Å². The summed E-state index contributed by atoms with van der Waals surface area (Å²) in [6, 6.07) is 10.5. The molecule has 102 valence electrons. The predicted octanol–water partition coefficient (Wildman–Crippen LogP) is 4.62. The third-order valence-corrected chi connectivity index (χ3v) is 4.27. The van der Waals surface area contributed by atoms with Crippen molar-refractivity contribution < 1.29 is 14.6 Å². The van der Waals surface area contributed by atoms with E-state index in [1.54, 1.807) is 24.3 Å². The van der Waals surface area contributed by atoms with Crippen molar-refractivity contribution in [2.45, 2.75) is 12.5 Å². The first-order valence-corrected chi connectivity index (χ1v) is 7.61. The van der Waals surface area contributed by atoms with Crippen molar-refractivity contribution >= 4 is 37.6 Å². The molecular weight excluding hydrogens is 388 g/mol. The number of Topliss-reactive ketones (excluding diaryl/α,β-unsaturated/α-hetero) is 1. The molecule has 0 saturated heterocycles. The van der Waals surface area contributed by atoms with Gasteiger partial charge in [-0.1, -0.05) is 34.1 Å². The zero-order chi connectivity index (χ0) is 14.3. The number of carbonyl (C=O) groups is 1. The fourth-order valence-electron chi connectivity index (χ4n) is 2.28. The molecule has 1 N–H and O–H groups in total. The molecule has 0 aliphatic carbocycles. The lowest BCUT2D eigenvalue weighted by Crippen LogP contribution is -2.20. The number of rotatable bonds is 1. The Morgan fingerprint density at radius 3 is 2.70 bits per heavy atom. The van der Waals surface area contributed by atoms with E-state index in [1.165, 1.54) is 0 Å². The average Bonchev–Trinajstić information content (AvgIpc) is 2.40. The Morgan fingerprint density at radius 2 is 1.95 bits per heavy atom. The molecule has 5 heteroatoms. The third kappa shape index (κ3) is 2.36. The van der Waals surface area contributed by atoms with Gasteiger partial charge in [0, 0.05) is 10.0 Å². The number of halogens is 2. The van der Waals surface area contributed by atoms with E-state index in [0.717, 1.165) is 8.95 Å². The molecule has 2 aromatic carbocycles. The number of phenolic OH excluding ortho intramolecular Hbond substituents is 1. The smallest absolute Gasteiger partial charge is 0.170 e. The van der Waals surface area contributed by atoms with E-state index >= 15 is 0 Å². The molecule has 0 saturated carbocycles. The van der Waals surface area contributed by atoms with Crippen molar-refractivity contribution in [3.63, 3.8) is 0 Å². The molecule has 0 aromatic heterocycles. The number of phenols is 1. The summed E-state index contributed by atoms with van der Waals surface area (Å²) in [4.78, 5) is 12.3. The van der Waals surface area contributed by atoms with Crippen molar-refractivity contribution in [1.29, 1.82) is 0 Å². The highest BCUT2D eigenvalue weighted by molar-refractivity contribution is 9.11. The highest BCUT2D eigenvalue weighted by Crippen LogP contribution is 2.42. The Labute approximate surface area is 132 Å². The van der Waals surface area contributed by atoms with Crippen LogP contribution in [-0.2, 0) is 0 Å². The summed E-state index contributed by atoms with van der Waals surface area (Å²) in [5, 5.41) is 9.90. The van der Waals surface area contributed by atoms with E-state index < -0.39 is 6.10 Å². The molecular formula is C15H10Br2O3. The number of ketones is 1. The monoisotopic (exact) mass is 396 g/mol. The minimum atomic E-state index is -0.464. The number of aromatic hydroxyl groups is 1. The van der Waals surface area contributed by atoms with Gasteiger partial charge in [-0.05, 0) is 34.1 Å². The van der Waals surface area contributed by atoms with Gasteiger partial charge in [-0.25, -0.2) is 0 Å². The molecule has 1 aliphatic rings. The molecule has 0 spiro atoms. The molecule has 3 rings (SSSR count). The second-order valence-electron chi connectivity index (χ2n) is 4.56. The Hall–Kier alpha value is -1.33. The minimum absolute atomic E-state index is 0.00139. The van der Waals surface area contributed by atoms with Crippen LogP contribution in [0.4, 0.5) is 0 Å². The molecule has 0 bridgehead atoms. The molecule has 3 nitrogen and oxygen atoms in total. The normalized spacial score (nSPS) is 17.5. The summed E-state index contributed by atoms with van der Waals surface area (Å²) in [5.41, 5.74) is 1.18. The number of hydrogen-bond acceptors (Lipinski definition) is 3. The molecule has 1 aliphatic heterocycles. The number of benzene rings is 2. The van der Waals surface area contributed by atoms with Crippen molar-refractivity contribution in [3.8, 4) is 11.5 Å². The lowest BCUT2D eigenvalue weighted by Gasteiger charge is -2.27. The van der Waals surface area contributed by atoms with Gasteiger partial charge < -0.3 is 9.84 Å². The Bertz CT molecular complexity index is 698. The first kappa shape index (κ1) is 13.6. The topological polar surface area (TPSA) is 46.5 Å². The first-order chi connectivity index (χ1) is 9.56. The van der Waals surface area contributed by atoms with Crippen LogP contribution in [-0.4, -0.2) is 10.9 Å². The molecule has 0 fully saturated rings. The van der Waals surface area contributed by atoms with E-state index in [0.29, 0.717) is 16.9 Å². The van der Waals surface area contributed by atoms with Crippen LogP contribution < -0.4 is 4.74 Å². The van der Waals surface area contributed by atoms with Gasteiger partial charge in [-0.15, -0.1) is 0 Å². The fraction of sp³-hybridized carbons (Fsp3) is 0.133. The summed E-state index contributed by atoms with van der Waals surface area (Å²) in [7, 11) is 0. The highest BCUT2D eigenvalue weighted by atomic mass is 79.9. The van der Waals surface area contributed by atoms with Gasteiger partial charge in [0.1, 0.15) is 17.6 Å². The van der Waals surface area contributed by atoms with Gasteiger partial charge in [-0.2, -0.15) is 0 Å². The maximum absolute atomic E-state index is 12.3. The summed E-state index contributed by atoms with van der Waals surface area (Å²) in [6.07, 6.45) is -0.248. The Kier molecular flexibility index (Phi) is 3.56. The second-order valence-corrected chi connectivity index (χ2v) is 6.33. The van der Waals surface area contributed by atoms with Crippen molar-refractivity contribution in [3.05, 3.63) is 56.5 Å². The molecule has 1 heterocycles. The summed E-state index contributed by atoms with van der Waals surface area (Å²) in [6.45, 7) is 0. The van der Waals surface area contributed by atoms with Crippen LogP contribution >= 0.6 is 31.9 Å². The third-order valence-electron chi connectivity index (χ3n) is 3.22. The van der Waals surface area contributed by atoms with Gasteiger partial charge >= 0.3 is 0 Å². The Balaban J connectivity index is 2.05. The van der Waals surface area contributed by atoms with Crippen LogP contribution in [0.3, 0.4) is 0 Å². The zero-order valence-electron chi connectivity index (χ0n) is 10.3. The fourth-order valence-corrected chi connectivity index (χ4v) is 3.60. The lowest BCUT2D eigenvalue weighted by molar-refractivity contribution is 0.0845. The summed E-state index contributed by atoms with van der Waals surface area (Å²) < 4.78 is 7.44. The molecule has 1 unspecified atom stereocenters. The quantitative estimate of drug-likeness (QED) is 0.763. The molecule has 1 atom stereocenters. The van der Waals surface area contributed by atoms with Gasteiger partial charge in [0.15, 0.2) is 5.78 Å². The lowest BCUT2D eigenvalue weighted by atomic mass is 9.96. The minimum Gasteiger partial charge on any atom is -0.508 e. The SMILES string of the molecule is O=C1CC(c2ccccc2O)Oc2c(Br)cc(Br)cc21. The van der Waals surface area contributed by atoms with E-state index in [1.807, 2.05) is 12.1 Å². The van der Waals surface area contributed by atoms with Crippen molar-refractivity contribution in [2.24, 2.45) is 0 Å². The van der Waals surface area contributed by atoms with Crippen LogP contribution in [0.1, 0.15) is 28.4 Å². The van der Waals surface area contributed by atoms with Gasteiger partial charge in [0.05, 0.1) is 16.5 Å². The second kappa shape index (κ2) is 5.22. The Morgan fingerprint density at radius 1 is 1.20 bits per heavy atom. The maximum atomic E-state index is 12.3. The number of fused-ring (bicyclic) bond motifs is 1. The maximum Gasteiger partial charge on any atom is 0.170 e. The van der Waals surface area contributed by atoms with E-state index in [-0.39, 0.29) is 18.0 Å². The molecule has 0 amide bonds. The van der Waals surface area contributed by atoms with Crippen LogP contribution in [0.15, 0.2) is 45.3 Å². The summed E-state index contributed by atoms with van der Waals surface area (Å²) >= 11 is 6.77. The number of carbonyl (C=O) groups excluding carboxylic acids is 1. The number of para-hydroxylation sites is 1.